The Balaban J connectivity index is 3.67. The fraction of sp³-hybridized carbons (Fsp3) is 1.00. The number of rotatable bonds is 9. The van der Waals surface area contributed by atoms with E-state index in [9.17, 15) is 9.67 Å². The van der Waals surface area contributed by atoms with Crippen LogP contribution in [0.3, 0.4) is 0 Å². The van der Waals surface area contributed by atoms with Crippen LogP contribution in [-0.2, 0) is 18.3 Å². The van der Waals surface area contributed by atoms with E-state index in [1.165, 1.54) is 0 Å². The van der Waals surface area contributed by atoms with Crippen LogP contribution in [0, 0.1) is 0 Å². The van der Waals surface area contributed by atoms with E-state index < -0.39 is 13.9 Å². The molecule has 0 spiro atoms. The van der Waals surface area contributed by atoms with E-state index in [1.54, 1.807) is 6.92 Å². The lowest BCUT2D eigenvalue weighted by Crippen LogP contribution is -2.21. The Morgan fingerprint density at radius 3 is 2.60 bits per heavy atom. The molecule has 8 heteroatoms. The molecule has 0 aliphatic heterocycles. The van der Waals surface area contributed by atoms with Crippen molar-refractivity contribution < 1.29 is 28.3 Å². The smallest absolute Gasteiger partial charge is 0.388 e. The Labute approximate surface area is 88.7 Å². The monoisotopic (exact) mass is 243 g/mol. The van der Waals surface area contributed by atoms with Crippen molar-refractivity contribution in [2.45, 2.75) is 13.0 Å². The summed E-state index contributed by atoms with van der Waals surface area (Å²) >= 11 is 0. The lowest BCUT2D eigenvalue weighted by molar-refractivity contribution is 0.00691. The molecule has 2 atom stereocenters. The molecule has 15 heavy (non-hydrogen) atoms. The van der Waals surface area contributed by atoms with Crippen LogP contribution in [-0.4, -0.2) is 49.1 Å². The van der Waals surface area contributed by atoms with Crippen molar-refractivity contribution >= 4 is 7.82 Å². The highest BCUT2D eigenvalue weighted by Crippen LogP contribution is 2.42. The van der Waals surface area contributed by atoms with Gasteiger partial charge >= 0.3 is 7.82 Å². The van der Waals surface area contributed by atoms with E-state index in [1.807, 2.05) is 0 Å². The zero-order valence-electron chi connectivity index (χ0n) is 8.66. The van der Waals surface area contributed by atoms with Gasteiger partial charge in [-0.15, -0.1) is 0 Å². The maximum Gasteiger partial charge on any atom is 0.472 e. The van der Waals surface area contributed by atoms with Crippen LogP contribution < -0.4 is 5.73 Å². The first-order valence-electron chi connectivity index (χ1n) is 4.59. The number of aliphatic hydroxyl groups excluding tert-OH is 1. The SMILES string of the molecule is CCOCC(O)COP(=O)(O)OCCN. The third kappa shape index (κ3) is 8.95. The van der Waals surface area contributed by atoms with E-state index in [2.05, 4.69) is 9.05 Å². The maximum atomic E-state index is 11.1. The van der Waals surface area contributed by atoms with Crippen molar-refractivity contribution in [3.05, 3.63) is 0 Å². The van der Waals surface area contributed by atoms with Gasteiger partial charge in [-0.25, -0.2) is 4.57 Å². The highest BCUT2D eigenvalue weighted by Gasteiger charge is 2.22. The van der Waals surface area contributed by atoms with Crippen molar-refractivity contribution in [2.24, 2.45) is 5.73 Å². The number of ether oxygens (including phenoxy) is 1. The van der Waals surface area contributed by atoms with Gasteiger partial charge < -0.3 is 20.5 Å². The Kier molecular flexibility index (Phi) is 8.17. The van der Waals surface area contributed by atoms with E-state index in [0.717, 1.165) is 0 Å². The van der Waals surface area contributed by atoms with Crippen LogP contribution in [0.5, 0.6) is 0 Å². The number of phosphoric acid groups is 1. The van der Waals surface area contributed by atoms with Crippen LogP contribution in [0.25, 0.3) is 0 Å². The molecule has 0 heterocycles. The third-order valence-corrected chi connectivity index (χ3v) is 2.30. The standard InChI is InChI=1S/C7H18NO6P/c1-2-12-5-7(9)6-14-15(10,11)13-4-3-8/h7,9H,2-6,8H2,1H3,(H,10,11). The average molecular weight is 243 g/mol. The minimum atomic E-state index is -4.09. The second kappa shape index (κ2) is 8.18. The summed E-state index contributed by atoms with van der Waals surface area (Å²) in [6, 6.07) is 0. The molecular formula is C7H18NO6P. The summed E-state index contributed by atoms with van der Waals surface area (Å²) in [6.45, 7) is 2.00. The predicted octanol–water partition coefficient (Wildman–Crippen LogP) is -0.524. The molecule has 0 saturated carbocycles. The van der Waals surface area contributed by atoms with Crippen molar-refractivity contribution in [3.63, 3.8) is 0 Å². The third-order valence-electron chi connectivity index (χ3n) is 1.32. The zero-order chi connectivity index (χ0) is 11.7. The molecule has 0 aromatic heterocycles. The molecule has 0 saturated heterocycles. The lowest BCUT2D eigenvalue weighted by Gasteiger charge is -2.14. The minimum absolute atomic E-state index is 0.0490. The zero-order valence-corrected chi connectivity index (χ0v) is 9.56. The molecule has 0 amide bonds. The summed E-state index contributed by atoms with van der Waals surface area (Å²) < 4.78 is 24.9. The quantitative estimate of drug-likeness (QED) is 0.467. The van der Waals surface area contributed by atoms with Gasteiger partial charge in [0.15, 0.2) is 0 Å². The number of aliphatic hydroxyl groups is 1. The van der Waals surface area contributed by atoms with Gasteiger partial charge in [-0.3, -0.25) is 9.05 Å². The molecule has 7 nitrogen and oxygen atoms in total. The van der Waals surface area contributed by atoms with Gasteiger partial charge in [0.05, 0.1) is 19.8 Å². The fourth-order valence-corrected chi connectivity index (χ4v) is 1.46. The lowest BCUT2D eigenvalue weighted by atomic mass is 10.4. The van der Waals surface area contributed by atoms with Gasteiger partial charge in [0.25, 0.3) is 0 Å². The largest absolute Gasteiger partial charge is 0.472 e. The maximum absolute atomic E-state index is 11.1. The first-order chi connectivity index (χ1) is 7.02. The van der Waals surface area contributed by atoms with Gasteiger partial charge in [0.1, 0.15) is 6.10 Å². The van der Waals surface area contributed by atoms with Crippen LogP contribution in [0.2, 0.25) is 0 Å². The van der Waals surface area contributed by atoms with Gasteiger partial charge in [-0.2, -0.15) is 0 Å². The van der Waals surface area contributed by atoms with E-state index in [0.29, 0.717) is 6.61 Å². The second-order valence-corrected chi connectivity index (χ2v) is 4.15. The minimum Gasteiger partial charge on any atom is -0.388 e. The summed E-state index contributed by atoms with van der Waals surface area (Å²) in [7, 11) is -4.09. The highest BCUT2D eigenvalue weighted by molar-refractivity contribution is 7.47. The number of nitrogens with two attached hydrogens (primary N) is 1. The second-order valence-electron chi connectivity index (χ2n) is 2.70. The molecule has 2 unspecified atom stereocenters. The number of hydrogen-bond acceptors (Lipinski definition) is 6. The summed E-state index contributed by atoms with van der Waals surface area (Å²) in [5, 5.41) is 9.21. The van der Waals surface area contributed by atoms with Crippen LogP contribution in [0.4, 0.5) is 0 Å². The summed E-state index contributed by atoms with van der Waals surface area (Å²) in [5.74, 6) is 0. The molecule has 0 aromatic rings. The molecule has 0 aliphatic rings. The molecule has 0 fully saturated rings. The van der Waals surface area contributed by atoms with Gasteiger partial charge in [-0.05, 0) is 6.92 Å². The molecule has 0 radical (unpaired) electrons. The topological polar surface area (TPSA) is 111 Å². The fourth-order valence-electron chi connectivity index (χ4n) is 0.688. The Morgan fingerprint density at radius 2 is 2.07 bits per heavy atom. The van der Waals surface area contributed by atoms with E-state index in [-0.39, 0.29) is 26.4 Å². The molecule has 92 valence electrons. The summed E-state index contributed by atoms with van der Waals surface area (Å²) in [6.07, 6.45) is -0.952. The molecule has 0 aromatic carbocycles. The Hall–Kier alpha value is -0.0100. The van der Waals surface area contributed by atoms with Crippen molar-refractivity contribution in [1.29, 1.82) is 0 Å². The van der Waals surface area contributed by atoms with Gasteiger partial charge in [0, 0.05) is 13.2 Å². The van der Waals surface area contributed by atoms with Crippen molar-refractivity contribution in [3.8, 4) is 0 Å². The Bertz CT molecular complexity index is 202. The molecule has 0 rings (SSSR count). The van der Waals surface area contributed by atoms with Gasteiger partial charge in [0.2, 0.25) is 0 Å². The first-order valence-corrected chi connectivity index (χ1v) is 6.09. The molecule has 0 bridgehead atoms. The van der Waals surface area contributed by atoms with E-state index >= 15 is 0 Å². The predicted molar refractivity (Wildman–Crippen MR) is 53.3 cm³/mol. The Morgan fingerprint density at radius 1 is 1.40 bits per heavy atom. The molecule has 0 aliphatic carbocycles. The van der Waals surface area contributed by atoms with Crippen LogP contribution in [0.15, 0.2) is 0 Å². The number of hydrogen-bond donors (Lipinski definition) is 3. The van der Waals surface area contributed by atoms with E-state index in [4.69, 9.17) is 15.4 Å². The van der Waals surface area contributed by atoms with Gasteiger partial charge in [-0.1, -0.05) is 0 Å². The van der Waals surface area contributed by atoms with Crippen LogP contribution >= 0.6 is 7.82 Å². The normalized spacial score (nSPS) is 17.3. The molecular weight excluding hydrogens is 225 g/mol. The van der Waals surface area contributed by atoms with Crippen LogP contribution in [0.1, 0.15) is 6.92 Å². The molecule has 4 N–H and O–H groups in total. The van der Waals surface area contributed by atoms with Crippen molar-refractivity contribution in [2.75, 3.05) is 33.0 Å². The first kappa shape index (κ1) is 15.0. The van der Waals surface area contributed by atoms with Crippen molar-refractivity contribution in [1.82, 2.24) is 0 Å². The number of phosphoric ester groups is 1. The highest BCUT2D eigenvalue weighted by atomic mass is 31.2. The average Bonchev–Trinajstić information content (AvgIpc) is 2.21. The summed E-state index contributed by atoms with van der Waals surface area (Å²) in [5.41, 5.74) is 5.08. The summed E-state index contributed by atoms with van der Waals surface area (Å²) in [4.78, 5) is 9.02.